The molecule has 2 rings (SSSR count). The van der Waals surface area contributed by atoms with Crippen molar-refractivity contribution in [2.45, 2.75) is 50.7 Å². The zero-order valence-electron chi connectivity index (χ0n) is 15.4. The maximum atomic E-state index is 13.2. The first kappa shape index (κ1) is 24.0. The molecule has 0 radical (unpaired) electrons. The van der Waals surface area contributed by atoms with Gasteiger partial charge in [-0.05, 0) is 12.8 Å². The molecule has 1 unspecified atom stereocenters. The van der Waals surface area contributed by atoms with Gasteiger partial charge in [-0.15, -0.1) is 12.4 Å². The molecule has 0 aromatic rings. The number of carbonyl (C=O) groups excluding carboxylic acids is 2. The summed E-state index contributed by atoms with van der Waals surface area (Å²) >= 11 is 0. The highest BCUT2D eigenvalue weighted by Gasteiger charge is 2.43. The second kappa shape index (κ2) is 11.7. The average molecular weight is 415 g/mol. The van der Waals surface area contributed by atoms with E-state index < -0.39 is 24.7 Å². The van der Waals surface area contributed by atoms with Crippen molar-refractivity contribution in [3.63, 3.8) is 0 Å². The minimum atomic E-state index is -4.39. The summed E-state index contributed by atoms with van der Waals surface area (Å²) in [4.78, 5) is 25.2. The van der Waals surface area contributed by atoms with E-state index in [1.165, 1.54) is 4.90 Å². The lowest BCUT2D eigenvalue weighted by Crippen LogP contribution is -2.57. The van der Waals surface area contributed by atoms with Gasteiger partial charge < -0.3 is 16.0 Å². The molecule has 10 heteroatoms. The molecule has 0 aromatic carbocycles. The Hall–Kier alpha value is -1.06. The molecule has 0 aromatic heterocycles. The SMILES string of the molecule is Cl.O=C(CCNC(=O)C1CCCCC1)NCC(N1CCNCC1)C(F)(F)F. The molecule has 1 atom stereocenters. The number of nitrogens with one attached hydrogen (secondary N) is 3. The Morgan fingerprint density at radius 3 is 2.30 bits per heavy atom. The largest absolute Gasteiger partial charge is 0.405 e. The zero-order valence-corrected chi connectivity index (χ0v) is 16.3. The second-order valence-corrected chi connectivity index (χ2v) is 7.02. The van der Waals surface area contributed by atoms with Crippen LogP contribution in [0.2, 0.25) is 0 Å². The highest BCUT2D eigenvalue weighted by molar-refractivity contribution is 5.85. The molecule has 27 heavy (non-hydrogen) atoms. The number of piperazine rings is 1. The van der Waals surface area contributed by atoms with Gasteiger partial charge in [0.15, 0.2) is 0 Å². The van der Waals surface area contributed by atoms with E-state index in [2.05, 4.69) is 16.0 Å². The van der Waals surface area contributed by atoms with Crippen molar-refractivity contribution in [3.8, 4) is 0 Å². The molecule has 0 bridgehead atoms. The first-order valence-corrected chi connectivity index (χ1v) is 9.44. The molecular formula is C17H30ClF3N4O2. The van der Waals surface area contributed by atoms with Crippen LogP contribution in [0.1, 0.15) is 38.5 Å². The quantitative estimate of drug-likeness (QED) is 0.589. The summed E-state index contributed by atoms with van der Waals surface area (Å²) in [7, 11) is 0. The molecule has 158 valence electrons. The maximum absolute atomic E-state index is 13.2. The van der Waals surface area contributed by atoms with Crippen molar-refractivity contribution >= 4 is 24.2 Å². The minimum absolute atomic E-state index is 0. The van der Waals surface area contributed by atoms with Gasteiger partial charge in [0.05, 0.1) is 0 Å². The van der Waals surface area contributed by atoms with E-state index in [1.807, 2.05) is 0 Å². The Balaban J connectivity index is 0.00000364. The van der Waals surface area contributed by atoms with E-state index in [0.717, 1.165) is 32.1 Å². The summed E-state index contributed by atoms with van der Waals surface area (Å²) in [6, 6.07) is -1.68. The van der Waals surface area contributed by atoms with Crippen LogP contribution in [-0.2, 0) is 9.59 Å². The van der Waals surface area contributed by atoms with Gasteiger partial charge in [0.1, 0.15) is 6.04 Å². The molecule has 1 heterocycles. The van der Waals surface area contributed by atoms with E-state index in [-0.39, 0.29) is 37.2 Å². The van der Waals surface area contributed by atoms with Gasteiger partial charge in [0, 0.05) is 51.6 Å². The molecule has 1 aliphatic heterocycles. The Morgan fingerprint density at radius 1 is 1.07 bits per heavy atom. The van der Waals surface area contributed by atoms with Crippen LogP contribution in [-0.4, -0.2) is 68.2 Å². The number of carbonyl (C=O) groups is 2. The molecule has 2 fully saturated rings. The Kier molecular flexibility index (Phi) is 10.4. The van der Waals surface area contributed by atoms with Crippen molar-refractivity contribution in [2.75, 3.05) is 39.3 Å². The van der Waals surface area contributed by atoms with Crippen LogP contribution in [0.25, 0.3) is 0 Å². The number of hydrogen-bond donors (Lipinski definition) is 3. The van der Waals surface area contributed by atoms with Gasteiger partial charge in [0.2, 0.25) is 11.8 Å². The molecule has 2 aliphatic rings. The Labute approximate surface area is 164 Å². The molecule has 1 aliphatic carbocycles. The van der Waals surface area contributed by atoms with Crippen LogP contribution in [0, 0.1) is 5.92 Å². The highest BCUT2D eigenvalue weighted by atomic mass is 35.5. The predicted octanol–water partition coefficient (Wildman–Crippen LogP) is 1.45. The van der Waals surface area contributed by atoms with Crippen LogP contribution < -0.4 is 16.0 Å². The molecule has 6 nitrogen and oxygen atoms in total. The van der Waals surface area contributed by atoms with Gasteiger partial charge in [-0.3, -0.25) is 14.5 Å². The number of halogens is 4. The lowest BCUT2D eigenvalue weighted by atomic mass is 9.89. The fourth-order valence-electron chi connectivity index (χ4n) is 3.55. The van der Waals surface area contributed by atoms with E-state index in [0.29, 0.717) is 26.2 Å². The maximum Gasteiger partial charge on any atom is 0.405 e. The van der Waals surface area contributed by atoms with Crippen LogP contribution in [0.3, 0.4) is 0 Å². The van der Waals surface area contributed by atoms with Crippen molar-refractivity contribution in [1.82, 2.24) is 20.9 Å². The Morgan fingerprint density at radius 2 is 1.70 bits per heavy atom. The first-order valence-electron chi connectivity index (χ1n) is 9.44. The van der Waals surface area contributed by atoms with Crippen LogP contribution >= 0.6 is 12.4 Å². The normalized spacial score (nSPS) is 20.4. The third-order valence-electron chi connectivity index (χ3n) is 5.09. The predicted molar refractivity (Wildman–Crippen MR) is 98.7 cm³/mol. The van der Waals surface area contributed by atoms with Crippen LogP contribution in [0.15, 0.2) is 0 Å². The van der Waals surface area contributed by atoms with Crippen molar-refractivity contribution in [1.29, 1.82) is 0 Å². The summed E-state index contributed by atoms with van der Waals surface area (Å²) in [5, 5.41) is 8.11. The van der Waals surface area contributed by atoms with Gasteiger partial charge in [-0.25, -0.2) is 0 Å². The topological polar surface area (TPSA) is 73.5 Å². The van der Waals surface area contributed by atoms with Crippen LogP contribution in [0.5, 0.6) is 0 Å². The number of amides is 2. The monoisotopic (exact) mass is 414 g/mol. The molecule has 1 saturated heterocycles. The molecule has 3 N–H and O–H groups in total. The summed E-state index contributed by atoms with van der Waals surface area (Å²) in [6.45, 7) is 1.32. The molecule has 2 amide bonds. The summed E-state index contributed by atoms with van der Waals surface area (Å²) in [6.07, 6.45) is 0.586. The van der Waals surface area contributed by atoms with E-state index in [4.69, 9.17) is 0 Å². The van der Waals surface area contributed by atoms with Crippen molar-refractivity contribution in [3.05, 3.63) is 0 Å². The number of nitrogens with zero attached hydrogens (tertiary/aromatic N) is 1. The summed E-state index contributed by atoms with van der Waals surface area (Å²) in [5.74, 6) is -0.515. The average Bonchev–Trinajstić information content (AvgIpc) is 2.62. The zero-order chi connectivity index (χ0) is 19.0. The first-order chi connectivity index (χ1) is 12.4. The van der Waals surface area contributed by atoms with Gasteiger partial charge in [-0.2, -0.15) is 13.2 Å². The Bertz CT molecular complexity index is 468. The van der Waals surface area contributed by atoms with Crippen LogP contribution in [0.4, 0.5) is 13.2 Å². The second-order valence-electron chi connectivity index (χ2n) is 7.02. The smallest absolute Gasteiger partial charge is 0.355 e. The fourth-order valence-corrected chi connectivity index (χ4v) is 3.55. The summed E-state index contributed by atoms with van der Waals surface area (Å²) < 4.78 is 39.7. The minimum Gasteiger partial charge on any atom is -0.355 e. The summed E-state index contributed by atoms with van der Waals surface area (Å²) in [5.41, 5.74) is 0. The number of alkyl halides is 3. The van der Waals surface area contributed by atoms with E-state index in [1.54, 1.807) is 0 Å². The molecular weight excluding hydrogens is 385 g/mol. The van der Waals surface area contributed by atoms with Gasteiger partial charge in [-0.1, -0.05) is 19.3 Å². The third kappa shape index (κ3) is 8.23. The van der Waals surface area contributed by atoms with Crippen molar-refractivity contribution in [2.24, 2.45) is 5.92 Å². The van der Waals surface area contributed by atoms with E-state index in [9.17, 15) is 22.8 Å². The lowest BCUT2D eigenvalue weighted by Gasteiger charge is -2.35. The standard InChI is InChI=1S/C17H29F3N4O2.ClH/c18-17(19,20)14(24-10-8-21-9-11-24)12-23-15(25)6-7-22-16(26)13-4-2-1-3-5-13;/h13-14,21H,1-12H2,(H,22,26)(H,23,25);1H. The molecule has 1 saturated carbocycles. The fraction of sp³-hybridized carbons (Fsp3) is 0.882. The molecule has 0 spiro atoms. The third-order valence-corrected chi connectivity index (χ3v) is 5.09. The van der Waals surface area contributed by atoms with E-state index >= 15 is 0 Å². The highest BCUT2D eigenvalue weighted by Crippen LogP contribution is 2.25. The van der Waals surface area contributed by atoms with Gasteiger partial charge >= 0.3 is 6.18 Å². The number of hydrogen-bond acceptors (Lipinski definition) is 4. The number of rotatable bonds is 7. The van der Waals surface area contributed by atoms with Crippen molar-refractivity contribution < 1.29 is 22.8 Å². The lowest BCUT2D eigenvalue weighted by molar-refractivity contribution is -0.184. The van der Waals surface area contributed by atoms with Gasteiger partial charge in [0.25, 0.3) is 0 Å².